The maximum atomic E-state index is 13.5. The van der Waals surface area contributed by atoms with Crippen LogP contribution in [0.3, 0.4) is 0 Å². The topological polar surface area (TPSA) is 194 Å². The van der Waals surface area contributed by atoms with Gasteiger partial charge in [-0.3, -0.25) is 4.79 Å². The van der Waals surface area contributed by atoms with Crippen LogP contribution in [-0.2, 0) is 19.1 Å². The van der Waals surface area contributed by atoms with E-state index in [1.807, 2.05) is 6.92 Å². The van der Waals surface area contributed by atoms with E-state index in [4.69, 9.17) is 9.47 Å². The van der Waals surface area contributed by atoms with Crippen LogP contribution < -0.4 is 0 Å². The molecule has 11 nitrogen and oxygen atoms in total. The molecule has 0 aromatic heterocycles. The van der Waals surface area contributed by atoms with Crippen molar-refractivity contribution in [3.8, 4) is 0 Å². The number of carboxylic acid groups (broad SMARTS) is 1. The van der Waals surface area contributed by atoms with Crippen molar-refractivity contribution in [3.63, 3.8) is 0 Å². The van der Waals surface area contributed by atoms with E-state index in [1.54, 1.807) is 0 Å². The van der Waals surface area contributed by atoms with E-state index < -0.39 is 66.2 Å². The number of rotatable bonds is 5. The summed E-state index contributed by atoms with van der Waals surface area (Å²) in [4.78, 5) is 24.8. The first kappa shape index (κ1) is 28.4. The van der Waals surface area contributed by atoms with Crippen LogP contribution in [0.4, 0.5) is 0 Å². The Morgan fingerprint density at radius 1 is 0.947 bits per heavy atom. The van der Waals surface area contributed by atoms with Crippen molar-refractivity contribution < 1.29 is 54.8 Å². The molecule has 5 rings (SSSR count). The molecule has 38 heavy (non-hydrogen) atoms. The molecule has 0 aromatic rings. The Labute approximate surface area is 221 Å². The Kier molecular flexibility index (Phi) is 7.26. The lowest BCUT2D eigenvalue weighted by molar-refractivity contribution is -0.293. The van der Waals surface area contributed by atoms with E-state index in [2.05, 4.69) is 6.92 Å². The van der Waals surface area contributed by atoms with E-state index in [1.165, 1.54) is 0 Å². The number of carbonyl (C=O) groups excluding carboxylic acids is 1. The van der Waals surface area contributed by atoms with E-state index >= 15 is 0 Å². The van der Waals surface area contributed by atoms with Crippen LogP contribution in [0.15, 0.2) is 0 Å². The highest BCUT2D eigenvalue weighted by molar-refractivity contribution is 5.89. The van der Waals surface area contributed by atoms with Gasteiger partial charge in [0.2, 0.25) is 0 Å². The summed E-state index contributed by atoms with van der Waals surface area (Å²) in [6.07, 6.45) is -4.90. The van der Waals surface area contributed by atoms with E-state index in [9.17, 15) is 45.3 Å². The summed E-state index contributed by atoms with van der Waals surface area (Å²) < 4.78 is 10.5. The second kappa shape index (κ2) is 9.73. The Bertz CT molecular complexity index is 944. The van der Waals surface area contributed by atoms with Crippen molar-refractivity contribution in [2.45, 2.75) is 114 Å². The number of aliphatic hydroxyl groups is 6. The van der Waals surface area contributed by atoms with Gasteiger partial charge in [0, 0.05) is 5.41 Å². The van der Waals surface area contributed by atoms with E-state index in [-0.39, 0.29) is 42.1 Å². The fourth-order valence-corrected chi connectivity index (χ4v) is 9.29. The van der Waals surface area contributed by atoms with Gasteiger partial charge in [-0.1, -0.05) is 13.8 Å². The van der Waals surface area contributed by atoms with Crippen molar-refractivity contribution in [1.29, 1.82) is 0 Å². The molecule has 0 bridgehead atoms. The van der Waals surface area contributed by atoms with Crippen LogP contribution in [-0.4, -0.2) is 103 Å². The molecule has 1 aliphatic heterocycles. The molecular formula is C27H42O11. The number of carboxylic acids is 1. The average Bonchev–Trinajstić information content (AvgIpc) is 3.13. The molecule has 0 aromatic carbocycles. The zero-order valence-corrected chi connectivity index (χ0v) is 22.0. The smallest absolute Gasteiger partial charge is 0.335 e. The molecule has 216 valence electrons. The van der Waals surface area contributed by atoms with Gasteiger partial charge in [-0.15, -0.1) is 0 Å². The Morgan fingerprint density at radius 2 is 1.66 bits per heavy atom. The van der Waals surface area contributed by atoms with Crippen molar-refractivity contribution in [2.75, 3.05) is 6.61 Å². The quantitative estimate of drug-likeness (QED) is 0.238. The highest BCUT2D eigenvalue weighted by Crippen LogP contribution is 2.68. The number of hydrogen-bond acceptors (Lipinski definition) is 10. The Morgan fingerprint density at radius 3 is 2.34 bits per heavy atom. The van der Waals surface area contributed by atoms with Crippen LogP contribution in [0.25, 0.3) is 0 Å². The Hall–Kier alpha value is -1.18. The maximum Gasteiger partial charge on any atom is 0.335 e. The molecular weight excluding hydrogens is 500 g/mol. The number of hydrogen-bond donors (Lipinski definition) is 7. The van der Waals surface area contributed by atoms with Gasteiger partial charge in [-0.2, -0.15) is 0 Å². The lowest BCUT2D eigenvalue weighted by Gasteiger charge is -2.62. The number of carbonyl (C=O) groups is 2. The largest absolute Gasteiger partial charge is 0.479 e. The molecule has 14 atom stereocenters. The predicted octanol–water partition coefficient (Wildman–Crippen LogP) is -0.430. The number of fused-ring (bicyclic) bond motifs is 5. The standard InChI is InChI=1S/C27H42O11/c1-25-7-5-13(28)9-12(25)3-4-14-15-6-8-27(36,26(15,2)10-16(29)18(14)25)17(30)11-37-24-21(33)19(31)20(32)22(38-24)23(34)35/h12-16,18-22,24,28-29,31-33,36H,3-11H2,1-2H3,(H,34,35). The third-order valence-electron chi connectivity index (χ3n) is 11.4. The van der Waals surface area contributed by atoms with Crippen molar-refractivity contribution >= 4 is 11.8 Å². The van der Waals surface area contributed by atoms with Crippen LogP contribution in [0.1, 0.15) is 65.2 Å². The minimum absolute atomic E-state index is 0.0133. The summed E-state index contributed by atoms with van der Waals surface area (Å²) in [5.74, 6) is -1.69. The molecule has 0 spiro atoms. The van der Waals surface area contributed by atoms with Gasteiger partial charge < -0.3 is 45.2 Å². The van der Waals surface area contributed by atoms with E-state index in [0.29, 0.717) is 18.8 Å². The van der Waals surface area contributed by atoms with Gasteiger partial charge >= 0.3 is 5.97 Å². The zero-order valence-electron chi connectivity index (χ0n) is 22.0. The summed E-state index contributed by atoms with van der Waals surface area (Å²) in [5, 5.41) is 72.9. The van der Waals surface area contributed by atoms with Gasteiger partial charge in [-0.25, -0.2) is 4.79 Å². The normalized spacial score (nSPS) is 54.5. The summed E-state index contributed by atoms with van der Waals surface area (Å²) >= 11 is 0. The third kappa shape index (κ3) is 4.08. The maximum absolute atomic E-state index is 13.5. The summed E-state index contributed by atoms with van der Waals surface area (Å²) in [6, 6.07) is 0. The molecule has 1 saturated heterocycles. The van der Waals surface area contributed by atoms with Gasteiger partial charge in [-0.05, 0) is 80.5 Å². The monoisotopic (exact) mass is 542 g/mol. The van der Waals surface area contributed by atoms with Crippen molar-refractivity contribution in [2.24, 2.45) is 34.5 Å². The first-order chi connectivity index (χ1) is 17.7. The second-order valence-electron chi connectivity index (χ2n) is 13.1. The van der Waals surface area contributed by atoms with Crippen LogP contribution in [0.5, 0.6) is 0 Å². The lowest BCUT2D eigenvalue weighted by Crippen LogP contribution is -2.63. The SMILES string of the molecule is CC12CCC(O)CC1CCC1C2C(O)CC2(C)C1CCC2(O)C(=O)COC1OC(C(=O)O)C(O)C(O)C1O. The number of Topliss-reactive ketones (excluding diaryl/α,β-unsaturated/α-hetero) is 1. The molecule has 4 aliphatic carbocycles. The second-order valence-corrected chi connectivity index (χ2v) is 13.1. The van der Waals surface area contributed by atoms with Gasteiger partial charge in [0.15, 0.2) is 18.2 Å². The molecule has 11 heteroatoms. The van der Waals surface area contributed by atoms with Gasteiger partial charge in [0.1, 0.15) is 30.5 Å². The van der Waals surface area contributed by atoms with Crippen LogP contribution >= 0.6 is 0 Å². The number of ether oxygens (including phenoxy) is 2. The molecule has 1 heterocycles. The average molecular weight is 543 g/mol. The predicted molar refractivity (Wildman–Crippen MR) is 129 cm³/mol. The number of ketones is 1. The fraction of sp³-hybridized carbons (Fsp3) is 0.926. The molecule has 7 N–H and O–H groups in total. The zero-order chi connectivity index (χ0) is 27.8. The fourth-order valence-electron chi connectivity index (χ4n) is 9.29. The van der Waals surface area contributed by atoms with Crippen molar-refractivity contribution in [1.82, 2.24) is 0 Å². The molecule has 14 unspecified atom stereocenters. The lowest BCUT2D eigenvalue weighted by atomic mass is 9.43. The molecule has 4 saturated carbocycles. The first-order valence-electron chi connectivity index (χ1n) is 13.9. The van der Waals surface area contributed by atoms with Crippen LogP contribution in [0, 0.1) is 34.5 Å². The summed E-state index contributed by atoms with van der Waals surface area (Å²) in [7, 11) is 0. The van der Waals surface area contributed by atoms with Crippen LogP contribution in [0.2, 0.25) is 0 Å². The third-order valence-corrected chi connectivity index (χ3v) is 11.4. The minimum Gasteiger partial charge on any atom is -0.479 e. The van der Waals surface area contributed by atoms with E-state index in [0.717, 1.165) is 25.7 Å². The van der Waals surface area contributed by atoms with Crippen molar-refractivity contribution in [3.05, 3.63) is 0 Å². The molecule has 0 radical (unpaired) electrons. The minimum atomic E-state index is -1.88. The number of aliphatic hydroxyl groups excluding tert-OH is 5. The van der Waals surface area contributed by atoms with Gasteiger partial charge in [0.05, 0.1) is 12.2 Å². The highest BCUT2D eigenvalue weighted by atomic mass is 16.7. The molecule has 0 amide bonds. The Balaban J connectivity index is 1.32. The summed E-state index contributed by atoms with van der Waals surface area (Å²) in [5.41, 5.74) is -2.80. The molecule has 5 fully saturated rings. The summed E-state index contributed by atoms with van der Waals surface area (Å²) in [6.45, 7) is 3.39. The first-order valence-corrected chi connectivity index (χ1v) is 13.9. The highest BCUT2D eigenvalue weighted by Gasteiger charge is 2.68. The molecule has 5 aliphatic rings. The van der Waals surface area contributed by atoms with Gasteiger partial charge in [0.25, 0.3) is 0 Å². The number of aliphatic carboxylic acids is 1.